The zero-order valence-corrected chi connectivity index (χ0v) is 11.2. The van der Waals surface area contributed by atoms with E-state index >= 15 is 0 Å². The van der Waals surface area contributed by atoms with Crippen LogP contribution in [0.25, 0.3) is 0 Å². The number of benzene rings is 1. The molecule has 1 aromatic rings. The molecule has 2 atom stereocenters. The van der Waals surface area contributed by atoms with Crippen LogP contribution in [0.3, 0.4) is 0 Å². The predicted octanol–water partition coefficient (Wildman–Crippen LogP) is 2.08. The van der Waals surface area contributed by atoms with Crippen LogP contribution < -0.4 is 19.5 Å². The number of nitrogens with one attached hydrogen (secondary N) is 1. The quantitative estimate of drug-likeness (QED) is 0.889. The maximum absolute atomic E-state index is 6.05. The molecule has 2 unspecified atom stereocenters. The molecule has 1 saturated heterocycles. The van der Waals surface area contributed by atoms with Crippen LogP contribution in [-0.4, -0.2) is 33.4 Å². The van der Waals surface area contributed by atoms with E-state index in [4.69, 9.17) is 14.2 Å². The van der Waals surface area contributed by atoms with Gasteiger partial charge in [-0.3, -0.25) is 0 Å². The molecule has 1 fully saturated rings. The maximum Gasteiger partial charge on any atom is 0.127 e. The fraction of sp³-hybridized carbons (Fsp3) is 0.571. The van der Waals surface area contributed by atoms with Crippen molar-refractivity contribution in [3.8, 4) is 17.2 Å². The van der Waals surface area contributed by atoms with Gasteiger partial charge in [-0.15, -0.1) is 0 Å². The molecule has 100 valence electrons. The molecule has 0 amide bonds. The van der Waals surface area contributed by atoms with E-state index in [9.17, 15) is 0 Å². The first kappa shape index (κ1) is 13.0. The van der Waals surface area contributed by atoms with Gasteiger partial charge in [0, 0.05) is 30.7 Å². The van der Waals surface area contributed by atoms with Gasteiger partial charge in [-0.2, -0.15) is 0 Å². The SMILES string of the molecule is COc1cc(OC)cc(OC2CCNCC2C)c1. The highest BCUT2D eigenvalue weighted by molar-refractivity contribution is 5.42. The van der Waals surface area contributed by atoms with Crippen LogP contribution in [0.1, 0.15) is 13.3 Å². The summed E-state index contributed by atoms with van der Waals surface area (Å²) in [7, 11) is 3.29. The standard InChI is InChI=1S/C14H21NO3/c1-10-9-15-5-4-14(10)18-13-7-11(16-2)6-12(8-13)17-3/h6-8,10,14-15H,4-5,9H2,1-3H3. The van der Waals surface area contributed by atoms with E-state index in [1.165, 1.54) is 0 Å². The number of hydrogen-bond donors (Lipinski definition) is 1. The molecule has 4 heteroatoms. The van der Waals surface area contributed by atoms with Gasteiger partial charge in [0.05, 0.1) is 14.2 Å². The van der Waals surface area contributed by atoms with Crippen molar-refractivity contribution in [2.75, 3.05) is 27.3 Å². The van der Waals surface area contributed by atoms with Gasteiger partial charge in [0.1, 0.15) is 23.4 Å². The molecule has 1 aliphatic rings. The maximum atomic E-state index is 6.05. The first-order chi connectivity index (χ1) is 8.72. The van der Waals surface area contributed by atoms with E-state index in [0.29, 0.717) is 5.92 Å². The van der Waals surface area contributed by atoms with Crippen molar-refractivity contribution in [1.29, 1.82) is 0 Å². The lowest BCUT2D eigenvalue weighted by Crippen LogP contribution is -2.41. The average Bonchev–Trinajstić information content (AvgIpc) is 2.41. The summed E-state index contributed by atoms with van der Waals surface area (Å²) in [5.74, 6) is 2.83. The smallest absolute Gasteiger partial charge is 0.127 e. The van der Waals surface area contributed by atoms with Gasteiger partial charge in [-0.1, -0.05) is 6.92 Å². The number of rotatable bonds is 4. The number of hydrogen-bond acceptors (Lipinski definition) is 4. The van der Waals surface area contributed by atoms with Crippen LogP contribution >= 0.6 is 0 Å². The first-order valence-corrected chi connectivity index (χ1v) is 6.33. The third-order valence-electron chi connectivity index (χ3n) is 3.32. The van der Waals surface area contributed by atoms with Gasteiger partial charge in [0.25, 0.3) is 0 Å². The average molecular weight is 251 g/mol. The Balaban J connectivity index is 2.12. The van der Waals surface area contributed by atoms with E-state index in [1.807, 2.05) is 18.2 Å². The number of ether oxygens (including phenoxy) is 3. The fourth-order valence-corrected chi connectivity index (χ4v) is 2.19. The Morgan fingerprint density at radius 2 is 1.67 bits per heavy atom. The zero-order valence-electron chi connectivity index (χ0n) is 11.2. The van der Waals surface area contributed by atoms with E-state index in [-0.39, 0.29) is 6.10 Å². The summed E-state index contributed by atoms with van der Waals surface area (Å²) < 4.78 is 16.5. The van der Waals surface area contributed by atoms with Crippen LogP contribution in [0, 0.1) is 5.92 Å². The van der Waals surface area contributed by atoms with Gasteiger partial charge in [0.2, 0.25) is 0 Å². The molecule has 0 bridgehead atoms. The molecule has 2 rings (SSSR count). The van der Waals surface area contributed by atoms with Crippen molar-refractivity contribution in [1.82, 2.24) is 5.32 Å². The lowest BCUT2D eigenvalue weighted by molar-refractivity contribution is 0.111. The Morgan fingerprint density at radius 1 is 1.06 bits per heavy atom. The van der Waals surface area contributed by atoms with E-state index in [1.54, 1.807) is 14.2 Å². The lowest BCUT2D eigenvalue weighted by atomic mass is 9.98. The molecule has 0 aromatic heterocycles. The molecular formula is C14H21NO3. The minimum atomic E-state index is 0.253. The third-order valence-corrected chi connectivity index (χ3v) is 3.32. The summed E-state index contributed by atoms with van der Waals surface area (Å²) >= 11 is 0. The van der Waals surface area contributed by atoms with Crippen LogP contribution in [0.2, 0.25) is 0 Å². The van der Waals surface area contributed by atoms with Crippen molar-refractivity contribution in [3.63, 3.8) is 0 Å². The molecule has 4 nitrogen and oxygen atoms in total. The highest BCUT2D eigenvalue weighted by atomic mass is 16.5. The van der Waals surface area contributed by atoms with Crippen LogP contribution in [0.4, 0.5) is 0 Å². The summed E-state index contributed by atoms with van der Waals surface area (Å²) in [6.45, 7) is 4.22. The molecule has 1 aliphatic heterocycles. The summed E-state index contributed by atoms with van der Waals surface area (Å²) in [5.41, 5.74) is 0. The second-order valence-corrected chi connectivity index (χ2v) is 4.67. The zero-order chi connectivity index (χ0) is 13.0. The van der Waals surface area contributed by atoms with Crippen LogP contribution in [-0.2, 0) is 0 Å². The van der Waals surface area contributed by atoms with Gasteiger partial charge in [0.15, 0.2) is 0 Å². The molecule has 0 saturated carbocycles. The molecule has 1 N–H and O–H groups in total. The second kappa shape index (κ2) is 5.96. The van der Waals surface area contributed by atoms with E-state index < -0.39 is 0 Å². The third kappa shape index (κ3) is 3.07. The molecule has 0 spiro atoms. The molecular weight excluding hydrogens is 230 g/mol. The monoisotopic (exact) mass is 251 g/mol. The van der Waals surface area contributed by atoms with Gasteiger partial charge < -0.3 is 19.5 Å². The Labute approximate surface area is 108 Å². The summed E-state index contributed by atoms with van der Waals surface area (Å²) in [6, 6.07) is 5.65. The van der Waals surface area contributed by atoms with Crippen molar-refractivity contribution in [2.45, 2.75) is 19.4 Å². The summed E-state index contributed by atoms with van der Waals surface area (Å²) in [4.78, 5) is 0. The fourth-order valence-electron chi connectivity index (χ4n) is 2.19. The van der Waals surface area contributed by atoms with Crippen molar-refractivity contribution < 1.29 is 14.2 Å². The Morgan fingerprint density at radius 3 is 2.22 bits per heavy atom. The van der Waals surface area contributed by atoms with Crippen LogP contribution in [0.15, 0.2) is 18.2 Å². The van der Waals surface area contributed by atoms with Gasteiger partial charge in [-0.25, -0.2) is 0 Å². The van der Waals surface area contributed by atoms with Crippen LogP contribution in [0.5, 0.6) is 17.2 Å². The highest BCUT2D eigenvalue weighted by Gasteiger charge is 2.22. The van der Waals surface area contributed by atoms with E-state index in [0.717, 1.165) is 36.8 Å². The van der Waals surface area contributed by atoms with Crippen molar-refractivity contribution in [3.05, 3.63) is 18.2 Å². The Hall–Kier alpha value is -1.42. The summed E-state index contributed by atoms with van der Waals surface area (Å²) in [5, 5.41) is 3.37. The minimum Gasteiger partial charge on any atom is -0.496 e. The van der Waals surface area contributed by atoms with Gasteiger partial charge in [-0.05, 0) is 13.0 Å². The van der Waals surface area contributed by atoms with E-state index in [2.05, 4.69) is 12.2 Å². The van der Waals surface area contributed by atoms with Gasteiger partial charge >= 0.3 is 0 Å². The molecule has 0 radical (unpaired) electrons. The second-order valence-electron chi connectivity index (χ2n) is 4.67. The molecule has 18 heavy (non-hydrogen) atoms. The number of methoxy groups -OCH3 is 2. The lowest BCUT2D eigenvalue weighted by Gasteiger charge is -2.30. The molecule has 1 aromatic carbocycles. The highest BCUT2D eigenvalue weighted by Crippen LogP contribution is 2.29. The van der Waals surface area contributed by atoms with Crippen molar-refractivity contribution in [2.24, 2.45) is 5.92 Å². The predicted molar refractivity (Wildman–Crippen MR) is 70.6 cm³/mol. The first-order valence-electron chi connectivity index (χ1n) is 6.33. The molecule has 1 heterocycles. The Bertz CT molecular complexity index is 372. The minimum absolute atomic E-state index is 0.253. The Kier molecular flexibility index (Phi) is 4.31. The number of piperidine rings is 1. The topological polar surface area (TPSA) is 39.7 Å². The normalized spacial score (nSPS) is 23.5. The van der Waals surface area contributed by atoms with Crippen molar-refractivity contribution >= 4 is 0 Å². The molecule has 0 aliphatic carbocycles. The largest absolute Gasteiger partial charge is 0.496 e. The summed E-state index contributed by atoms with van der Waals surface area (Å²) in [6.07, 6.45) is 1.28.